The van der Waals surface area contributed by atoms with Crippen LogP contribution < -0.4 is 5.32 Å². The average molecular weight is 411 g/mol. The zero-order chi connectivity index (χ0) is 20.5. The van der Waals surface area contributed by atoms with Crippen LogP contribution in [0.1, 0.15) is 16.1 Å². The van der Waals surface area contributed by atoms with Gasteiger partial charge in [0.1, 0.15) is 5.01 Å². The number of carbonyl (C=O) groups excluding carboxylic acids is 1. The Labute approximate surface area is 177 Å². The summed E-state index contributed by atoms with van der Waals surface area (Å²) in [5.41, 5.74) is 4.84. The molecule has 0 bridgehead atoms. The number of carbonyl (C=O) groups is 1. The highest BCUT2D eigenvalue weighted by Gasteiger charge is 2.18. The maximum absolute atomic E-state index is 13.1. The average Bonchev–Trinajstić information content (AvgIpc) is 3.38. The molecule has 30 heavy (non-hydrogen) atoms. The van der Waals surface area contributed by atoms with Crippen molar-refractivity contribution in [3.8, 4) is 16.3 Å². The molecule has 0 spiro atoms. The van der Waals surface area contributed by atoms with Crippen molar-refractivity contribution in [2.75, 3.05) is 5.32 Å². The highest BCUT2D eigenvalue weighted by Crippen LogP contribution is 2.34. The number of hydrogen-bond donors (Lipinski definition) is 1. The molecule has 5 aromatic rings. The van der Waals surface area contributed by atoms with Crippen LogP contribution in [0.2, 0.25) is 0 Å². The van der Waals surface area contributed by atoms with Crippen LogP contribution in [0.3, 0.4) is 0 Å². The van der Waals surface area contributed by atoms with Gasteiger partial charge >= 0.3 is 0 Å². The molecular formula is C24H18N4OS. The van der Waals surface area contributed by atoms with Crippen molar-refractivity contribution in [3.05, 3.63) is 96.3 Å². The van der Waals surface area contributed by atoms with Crippen molar-refractivity contribution in [2.45, 2.75) is 6.92 Å². The standard InChI is InChI=1S/C24H18N4OS/c1-16-19(15-25-28(16)17-9-3-2-4-10-17)23(29)26-20-12-6-5-11-18(20)24-27-21-13-7-8-14-22(21)30-24/h2-15H,1H3,(H,26,29). The van der Waals surface area contributed by atoms with E-state index in [1.165, 1.54) is 0 Å². The molecule has 0 aliphatic heterocycles. The van der Waals surface area contributed by atoms with Crippen molar-refractivity contribution in [1.29, 1.82) is 0 Å². The monoisotopic (exact) mass is 410 g/mol. The van der Waals surface area contributed by atoms with Gasteiger partial charge in [-0.05, 0) is 43.3 Å². The molecule has 1 N–H and O–H groups in total. The van der Waals surface area contributed by atoms with Crippen LogP contribution in [0.25, 0.3) is 26.5 Å². The number of benzene rings is 3. The molecule has 146 valence electrons. The summed E-state index contributed by atoms with van der Waals surface area (Å²) in [5, 5.41) is 8.33. The van der Waals surface area contributed by atoms with E-state index in [-0.39, 0.29) is 5.91 Å². The van der Waals surface area contributed by atoms with Gasteiger partial charge in [-0.1, -0.05) is 42.5 Å². The highest BCUT2D eigenvalue weighted by molar-refractivity contribution is 7.21. The fourth-order valence-electron chi connectivity index (χ4n) is 3.42. The smallest absolute Gasteiger partial charge is 0.259 e. The predicted octanol–water partition coefficient (Wildman–Crippen LogP) is 5.71. The molecule has 0 saturated carbocycles. The molecule has 1 amide bonds. The van der Waals surface area contributed by atoms with Gasteiger partial charge in [0.2, 0.25) is 0 Å². The van der Waals surface area contributed by atoms with Gasteiger partial charge < -0.3 is 5.32 Å². The van der Waals surface area contributed by atoms with Crippen LogP contribution in [0.5, 0.6) is 0 Å². The summed E-state index contributed by atoms with van der Waals surface area (Å²) in [6.45, 7) is 1.90. The van der Waals surface area contributed by atoms with Crippen LogP contribution in [-0.4, -0.2) is 20.7 Å². The summed E-state index contributed by atoms with van der Waals surface area (Å²) in [4.78, 5) is 17.8. The molecule has 0 aliphatic carbocycles. The molecule has 6 heteroatoms. The number of hydrogen-bond acceptors (Lipinski definition) is 4. The lowest BCUT2D eigenvalue weighted by molar-refractivity contribution is 0.102. The summed E-state index contributed by atoms with van der Waals surface area (Å²) in [6, 6.07) is 25.6. The third-order valence-electron chi connectivity index (χ3n) is 4.95. The maximum atomic E-state index is 13.1. The third-order valence-corrected chi connectivity index (χ3v) is 6.02. The molecule has 5 rings (SSSR count). The van der Waals surface area contributed by atoms with E-state index in [9.17, 15) is 4.79 Å². The van der Waals surface area contributed by atoms with Gasteiger partial charge in [0.15, 0.2) is 0 Å². The Kier molecular flexibility index (Phi) is 4.61. The Morgan fingerprint density at radius 2 is 1.67 bits per heavy atom. The first-order valence-electron chi connectivity index (χ1n) is 9.57. The van der Waals surface area contributed by atoms with E-state index >= 15 is 0 Å². The summed E-state index contributed by atoms with van der Waals surface area (Å²) in [7, 11) is 0. The Morgan fingerprint density at radius 1 is 0.933 bits per heavy atom. The first-order chi connectivity index (χ1) is 14.7. The number of amides is 1. The topological polar surface area (TPSA) is 59.8 Å². The van der Waals surface area contributed by atoms with E-state index < -0.39 is 0 Å². The van der Waals surface area contributed by atoms with E-state index in [0.29, 0.717) is 5.56 Å². The molecule has 0 atom stereocenters. The van der Waals surface area contributed by atoms with Crippen molar-refractivity contribution in [1.82, 2.24) is 14.8 Å². The van der Waals surface area contributed by atoms with Crippen molar-refractivity contribution >= 4 is 33.1 Å². The van der Waals surface area contributed by atoms with Crippen molar-refractivity contribution in [2.24, 2.45) is 0 Å². The Balaban J connectivity index is 1.47. The van der Waals surface area contributed by atoms with Crippen molar-refractivity contribution < 1.29 is 4.79 Å². The Bertz CT molecular complexity index is 1320. The minimum atomic E-state index is -0.191. The van der Waals surface area contributed by atoms with E-state index in [1.807, 2.05) is 79.7 Å². The summed E-state index contributed by atoms with van der Waals surface area (Å²) < 4.78 is 2.89. The van der Waals surface area contributed by atoms with Crippen LogP contribution in [0, 0.1) is 6.92 Å². The molecule has 3 aromatic carbocycles. The number of para-hydroxylation sites is 3. The predicted molar refractivity (Wildman–Crippen MR) is 121 cm³/mol. The lowest BCUT2D eigenvalue weighted by atomic mass is 10.1. The number of rotatable bonds is 4. The maximum Gasteiger partial charge on any atom is 0.259 e. The van der Waals surface area contributed by atoms with E-state index in [1.54, 1.807) is 22.2 Å². The summed E-state index contributed by atoms with van der Waals surface area (Å²) in [5.74, 6) is -0.191. The molecule has 5 nitrogen and oxygen atoms in total. The summed E-state index contributed by atoms with van der Waals surface area (Å²) in [6.07, 6.45) is 1.61. The molecule has 2 aromatic heterocycles. The molecule has 2 heterocycles. The third kappa shape index (κ3) is 3.27. The fraction of sp³-hybridized carbons (Fsp3) is 0.0417. The highest BCUT2D eigenvalue weighted by atomic mass is 32.1. The first-order valence-corrected chi connectivity index (χ1v) is 10.4. The van der Waals surface area contributed by atoms with Crippen LogP contribution in [0.15, 0.2) is 85.1 Å². The lowest BCUT2D eigenvalue weighted by Gasteiger charge is -2.09. The number of nitrogens with one attached hydrogen (secondary N) is 1. The van der Waals surface area contributed by atoms with E-state index in [2.05, 4.69) is 16.5 Å². The van der Waals surface area contributed by atoms with Gasteiger partial charge in [-0.15, -0.1) is 11.3 Å². The number of aromatic nitrogens is 3. The Hall–Kier alpha value is -3.77. The van der Waals surface area contributed by atoms with Gasteiger partial charge in [0.25, 0.3) is 5.91 Å². The molecule has 0 fully saturated rings. The molecule has 0 unspecified atom stereocenters. The second-order valence-corrected chi connectivity index (χ2v) is 7.91. The van der Waals surface area contributed by atoms with Crippen LogP contribution >= 0.6 is 11.3 Å². The van der Waals surface area contributed by atoms with Crippen molar-refractivity contribution in [3.63, 3.8) is 0 Å². The second-order valence-electron chi connectivity index (χ2n) is 6.88. The minimum absolute atomic E-state index is 0.191. The largest absolute Gasteiger partial charge is 0.321 e. The van der Waals surface area contributed by atoms with Gasteiger partial charge in [-0.25, -0.2) is 9.67 Å². The Morgan fingerprint density at radius 3 is 2.50 bits per heavy atom. The number of anilines is 1. The van der Waals surface area contributed by atoms with E-state index in [4.69, 9.17) is 4.98 Å². The number of thiazole rings is 1. The van der Waals surface area contributed by atoms with Gasteiger partial charge in [0, 0.05) is 5.56 Å². The number of nitrogens with zero attached hydrogens (tertiary/aromatic N) is 3. The van der Waals surface area contributed by atoms with Crippen LogP contribution in [0.4, 0.5) is 5.69 Å². The van der Waals surface area contributed by atoms with Gasteiger partial charge in [0.05, 0.1) is 39.0 Å². The first kappa shape index (κ1) is 18.3. The van der Waals surface area contributed by atoms with Gasteiger partial charge in [-0.2, -0.15) is 5.10 Å². The summed E-state index contributed by atoms with van der Waals surface area (Å²) >= 11 is 1.61. The molecule has 0 aliphatic rings. The normalized spacial score (nSPS) is 11.0. The second kappa shape index (κ2) is 7.57. The fourth-order valence-corrected chi connectivity index (χ4v) is 4.42. The SMILES string of the molecule is Cc1c(C(=O)Nc2ccccc2-c2nc3ccccc3s2)cnn1-c1ccccc1. The number of fused-ring (bicyclic) bond motifs is 1. The quantitative estimate of drug-likeness (QED) is 0.413. The molecule has 0 radical (unpaired) electrons. The zero-order valence-corrected chi connectivity index (χ0v) is 17.1. The molecule has 0 saturated heterocycles. The lowest BCUT2D eigenvalue weighted by Crippen LogP contribution is -2.13. The van der Waals surface area contributed by atoms with E-state index in [0.717, 1.165) is 37.9 Å². The zero-order valence-electron chi connectivity index (χ0n) is 16.2. The van der Waals surface area contributed by atoms with Gasteiger partial charge in [-0.3, -0.25) is 4.79 Å². The molecular weight excluding hydrogens is 392 g/mol. The van der Waals surface area contributed by atoms with Crippen LogP contribution in [-0.2, 0) is 0 Å². The minimum Gasteiger partial charge on any atom is -0.321 e.